The van der Waals surface area contributed by atoms with Gasteiger partial charge in [0.05, 0.1) is 13.2 Å². The fourth-order valence-corrected chi connectivity index (χ4v) is 1.49. The standard InChI is InChI=1S/C13H30N2O2/c1-13(2)5-10-17-12-9-15(7-4-6-14)8-11-16-3/h13H,4-12,14H2,1-3H3. The monoisotopic (exact) mass is 246 g/mol. The van der Waals surface area contributed by atoms with Gasteiger partial charge in [-0.1, -0.05) is 13.8 Å². The summed E-state index contributed by atoms with van der Waals surface area (Å²) >= 11 is 0. The van der Waals surface area contributed by atoms with Crippen LogP contribution in [0.4, 0.5) is 0 Å². The van der Waals surface area contributed by atoms with Crippen molar-refractivity contribution < 1.29 is 9.47 Å². The molecule has 0 bridgehead atoms. The fourth-order valence-electron chi connectivity index (χ4n) is 1.49. The van der Waals surface area contributed by atoms with Crippen molar-refractivity contribution in [1.82, 2.24) is 4.90 Å². The molecule has 0 rings (SSSR count). The Balaban J connectivity index is 3.52. The molecule has 2 N–H and O–H groups in total. The third-order valence-electron chi connectivity index (χ3n) is 2.68. The summed E-state index contributed by atoms with van der Waals surface area (Å²) in [6, 6.07) is 0. The van der Waals surface area contributed by atoms with Crippen LogP contribution in [-0.2, 0) is 9.47 Å². The molecule has 0 aliphatic heterocycles. The molecule has 0 heterocycles. The van der Waals surface area contributed by atoms with E-state index >= 15 is 0 Å². The minimum atomic E-state index is 0.719. The van der Waals surface area contributed by atoms with Crippen LogP contribution in [0.15, 0.2) is 0 Å². The molecule has 0 aromatic heterocycles. The van der Waals surface area contributed by atoms with Gasteiger partial charge in [-0.25, -0.2) is 0 Å². The van der Waals surface area contributed by atoms with Crippen molar-refractivity contribution in [2.45, 2.75) is 26.7 Å². The molecular weight excluding hydrogens is 216 g/mol. The Morgan fingerprint density at radius 3 is 2.35 bits per heavy atom. The predicted octanol–water partition coefficient (Wildman–Crippen LogP) is 1.35. The number of nitrogens with zero attached hydrogens (tertiary/aromatic N) is 1. The quantitative estimate of drug-likeness (QED) is 0.528. The first-order valence-corrected chi connectivity index (χ1v) is 6.69. The minimum Gasteiger partial charge on any atom is -0.383 e. The third kappa shape index (κ3) is 12.1. The maximum Gasteiger partial charge on any atom is 0.0593 e. The number of ether oxygens (including phenoxy) is 2. The van der Waals surface area contributed by atoms with E-state index in [9.17, 15) is 0 Å². The van der Waals surface area contributed by atoms with Gasteiger partial charge in [0.15, 0.2) is 0 Å². The Kier molecular flexibility index (Phi) is 12.2. The summed E-state index contributed by atoms with van der Waals surface area (Å²) in [6.07, 6.45) is 2.18. The summed E-state index contributed by atoms with van der Waals surface area (Å²) in [5.74, 6) is 0.719. The average Bonchev–Trinajstić information content (AvgIpc) is 2.30. The Hall–Kier alpha value is -0.160. The van der Waals surface area contributed by atoms with Crippen LogP contribution in [0.3, 0.4) is 0 Å². The maximum atomic E-state index is 5.62. The van der Waals surface area contributed by atoms with Gasteiger partial charge in [0, 0.05) is 26.8 Å². The molecule has 0 saturated heterocycles. The van der Waals surface area contributed by atoms with Crippen LogP contribution in [0.5, 0.6) is 0 Å². The van der Waals surface area contributed by atoms with Crippen LogP contribution >= 0.6 is 0 Å². The van der Waals surface area contributed by atoms with Gasteiger partial charge in [0.2, 0.25) is 0 Å². The molecular formula is C13H30N2O2. The highest BCUT2D eigenvalue weighted by Gasteiger charge is 2.04. The first-order valence-electron chi connectivity index (χ1n) is 6.69. The molecule has 0 unspecified atom stereocenters. The van der Waals surface area contributed by atoms with Crippen LogP contribution < -0.4 is 5.73 Å². The fraction of sp³-hybridized carbons (Fsp3) is 1.00. The third-order valence-corrected chi connectivity index (χ3v) is 2.68. The average molecular weight is 246 g/mol. The lowest BCUT2D eigenvalue weighted by molar-refractivity contribution is 0.0827. The molecule has 4 heteroatoms. The molecule has 104 valence electrons. The number of nitrogens with two attached hydrogens (primary N) is 1. The van der Waals surface area contributed by atoms with E-state index in [1.165, 1.54) is 0 Å². The number of hydrogen-bond acceptors (Lipinski definition) is 4. The van der Waals surface area contributed by atoms with Crippen LogP contribution in [0.2, 0.25) is 0 Å². The summed E-state index contributed by atoms with van der Waals surface area (Å²) in [7, 11) is 1.74. The van der Waals surface area contributed by atoms with Crippen LogP contribution in [-0.4, -0.2) is 58.0 Å². The molecule has 0 spiro atoms. The lowest BCUT2D eigenvalue weighted by atomic mass is 10.1. The lowest BCUT2D eigenvalue weighted by Crippen LogP contribution is -2.32. The highest BCUT2D eigenvalue weighted by molar-refractivity contribution is 4.57. The van der Waals surface area contributed by atoms with E-state index in [2.05, 4.69) is 18.7 Å². The Bertz CT molecular complexity index is 146. The molecule has 0 aliphatic rings. The zero-order chi connectivity index (χ0) is 12.9. The van der Waals surface area contributed by atoms with Crippen LogP contribution in [0, 0.1) is 5.92 Å². The molecule has 0 fully saturated rings. The Morgan fingerprint density at radius 1 is 1.06 bits per heavy atom. The normalized spacial score (nSPS) is 11.6. The van der Waals surface area contributed by atoms with E-state index in [0.717, 1.165) is 64.8 Å². The first-order chi connectivity index (χ1) is 8.20. The van der Waals surface area contributed by atoms with Crippen molar-refractivity contribution in [3.05, 3.63) is 0 Å². The van der Waals surface area contributed by atoms with E-state index < -0.39 is 0 Å². The van der Waals surface area contributed by atoms with Crippen molar-refractivity contribution in [3.8, 4) is 0 Å². The molecule has 0 radical (unpaired) electrons. The molecule has 4 nitrogen and oxygen atoms in total. The number of rotatable bonds is 12. The van der Waals surface area contributed by atoms with Gasteiger partial charge in [-0.15, -0.1) is 0 Å². The molecule has 0 aliphatic carbocycles. The van der Waals surface area contributed by atoms with Crippen molar-refractivity contribution in [2.24, 2.45) is 11.7 Å². The van der Waals surface area contributed by atoms with Gasteiger partial charge in [0.1, 0.15) is 0 Å². The van der Waals surface area contributed by atoms with E-state index in [1.807, 2.05) is 0 Å². The zero-order valence-electron chi connectivity index (χ0n) is 11.8. The number of hydrogen-bond donors (Lipinski definition) is 1. The van der Waals surface area contributed by atoms with E-state index in [1.54, 1.807) is 7.11 Å². The summed E-state index contributed by atoms with van der Waals surface area (Å²) < 4.78 is 10.7. The molecule has 0 amide bonds. The topological polar surface area (TPSA) is 47.7 Å². The molecule has 0 aromatic rings. The summed E-state index contributed by atoms with van der Waals surface area (Å²) in [4.78, 5) is 2.35. The SMILES string of the molecule is COCCN(CCCN)CCOCCC(C)C. The molecule has 0 saturated carbocycles. The van der Waals surface area contributed by atoms with Gasteiger partial charge in [0.25, 0.3) is 0 Å². The highest BCUT2D eigenvalue weighted by Crippen LogP contribution is 1.99. The minimum absolute atomic E-state index is 0.719. The first kappa shape index (κ1) is 16.8. The predicted molar refractivity (Wildman–Crippen MR) is 72.3 cm³/mol. The molecule has 0 aromatic carbocycles. The van der Waals surface area contributed by atoms with Crippen molar-refractivity contribution in [3.63, 3.8) is 0 Å². The van der Waals surface area contributed by atoms with Crippen molar-refractivity contribution in [2.75, 3.05) is 53.1 Å². The Morgan fingerprint density at radius 2 is 1.76 bits per heavy atom. The maximum absolute atomic E-state index is 5.62. The summed E-state index contributed by atoms with van der Waals surface area (Å²) in [5, 5.41) is 0. The van der Waals surface area contributed by atoms with Gasteiger partial charge < -0.3 is 15.2 Å². The van der Waals surface area contributed by atoms with Crippen molar-refractivity contribution in [1.29, 1.82) is 0 Å². The Labute approximate surface area is 106 Å². The summed E-state index contributed by atoms with van der Waals surface area (Å²) in [6.45, 7) is 10.6. The smallest absolute Gasteiger partial charge is 0.0593 e. The lowest BCUT2D eigenvalue weighted by Gasteiger charge is -2.21. The molecule has 17 heavy (non-hydrogen) atoms. The highest BCUT2D eigenvalue weighted by atomic mass is 16.5. The largest absolute Gasteiger partial charge is 0.383 e. The molecule has 0 atom stereocenters. The van der Waals surface area contributed by atoms with Crippen LogP contribution in [0.25, 0.3) is 0 Å². The van der Waals surface area contributed by atoms with E-state index in [-0.39, 0.29) is 0 Å². The van der Waals surface area contributed by atoms with Crippen molar-refractivity contribution >= 4 is 0 Å². The van der Waals surface area contributed by atoms with E-state index in [4.69, 9.17) is 15.2 Å². The second-order valence-corrected chi connectivity index (χ2v) is 4.77. The second-order valence-electron chi connectivity index (χ2n) is 4.77. The van der Waals surface area contributed by atoms with E-state index in [0.29, 0.717) is 0 Å². The van der Waals surface area contributed by atoms with Gasteiger partial charge in [-0.3, -0.25) is 4.90 Å². The van der Waals surface area contributed by atoms with Gasteiger partial charge in [-0.2, -0.15) is 0 Å². The van der Waals surface area contributed by atoms with Gasteiger partial charge >= 0.3 is 0 Å². The number of methoxy groups -OCH3 is 1. The summed E-state index contributed by atoms with van der Waals surface area (Å²) in [5.41, 5.74) is 5.53. The second kappa shape index (κ2) is 12.3. The zero-order valence-corrected chi connectivity index (χ0v) is 11.8. The van der Waals surface area contributed by atoms with Gasteiger partial charge in [-0.05, 0) is 31.8 Å². The van der Waals surface area contributed by atoms with Crippen LogP contribution in [0.1, 0.15) is 26.7 Å².